The summed E-state index contributed by atoms with van der Waals surface area (Å²) in [5.41, 5.74) is 0. The Kier molecular flexibility index (Phi) is 20.4. The first-order valence-electron chi connectivity index (χ1n) is 13.1. The predicted molar refractivity (Wildman–Crippen MR) is 132 cm³/mol. The zero-order chi connectivity index (χ0) is 24.2. The Labute approximate surface area is 198 Å². The second kappa shape index (κ2) is 20.9. The van der Waals surface area contributed by atoms with Gasteiger partial charge in [-0.05, 0) is 25.7 Å². The average molecular weight is 460 g/mol. The van der Waals surface area contributed by atoms with Gasteiger partial charge in [0.25, 0.3) is 0 Å². The van der Waals surface area contributed by atoms with E-state index in [9.17, 15) is 15.0 Å². The standard InChI is InChI=1S/C26H53NO5/c1-6-7-8-9-10-11-12-13-14-15-16-17-18-19-25(22(2)20-23(3)31-5)32-27(4)24(21-28)26(29)30/h22-25,28H,6-21H2,1-5H3,(H,29,30). The molecule has 0 aromatic heterocycles. The van der Waals surface area contributed by atoms with Gasteiger partial charge in [0, 0.05) is 14.2 Å². The van der Waals surface area contributed by atoms with Gasteiger partial charge in [-0.1, -0.05) is 97.3 Å². The lowest BCUT2D eigenvalue weighted by Crippen LogP contribution is -2.44. The van der Waals surface area contributed by atoms with Crippen LogP contribution >= 0.6 is 0 Å². The van der Waals surface area contributed by atoms with E-state index in [1.807, 2.05) is 6.92 Å². The van der Waals surface area contributed by atoms with E-state index in [2.05, 4.69) is 13.8 Å². The Morgan fingerprint density at radius 3 is 1.75 bits per heavy atom. The van der Waals surface area contributed by atoms with E-state index >= 15 is 0 Å². The summed E-state index contributed by atoms with van der Waals surface area (Å²) in [6.45, 7) is 5.96. The summed E-state index contributed by atoms with van der Waals surface area (Å²) < 4.78 is 5.40. The minimum absolute atomic E-state index is 0.0845. The van der Waals surface area contributed by atoms with Gasteiger partial charge in [0.05, 0.1) is 18.8 Å². The Morgan fingerprint density at radius 2 is 1.34 bits per heavy atom. The molecule has 6 heteroatoms. The average Bonchev–Trinajstić information content (AvgIpc) is 2.76. The summed E-state index contributed by atoms with van der Waals surface area (Å²) >= 11 is 0. The number of aliphatic hydroxyl groups is 1. The maximum atomic E-state index is 11.3. The molecule has 32 heavy (non-hydrogen) atoms. The second-order valence-electron chi connectivity index (χ2n) is 9.52. The van der Waals surface area contributed by atoms with E-state index in [1.54, 1.807) is 14.2 Å². The zero-order valence-electron chi connectivity index (χ0n) is 21.7. The van der Waals surface area contributed by atoms with E-state index in [1.165, 1.54) is 82.1 Å². The van der Waals surface area contributed by atoms with Crippen molar-refractivity contribution < 1.29 is 24.6 Å². The molecule has 0 aromatic carbocycles. The van der Waals surface area contributed by atoms with Crippen molar-refractivity contribution in [3.63, 3.8) is 0 Å². The molecule has 0 heterocycles. The number of hydrogen-bond donors (Lipinski definition) is 2. The largest absolute Gasteiger partial charge is 0.480 e. The number of carboxylic acid groups (broad SMARTS) is 1. The molecule has 0 saturated heterocycles. The molecule has 2 N–H and O–H groups in total. The molecule has 4 unspecified atom stereocenters. The predicted octanol–water partition coefficient (Wildman–Crippen LogP) is 6.21. The van der Waals surface area contributed by atoms with Crippen LogP contribution in [0, 0.1) is 5.92 Å². The molecule has 0 spiro atoms. The van der Waals surface area contributed by atoms with Gasteiger partial charge >= 0.3 is 5.97 Å². The van der Waals surface area contributed by atoms with Crippen LogP contribution in [0.15, 0.2) is 0 Å². The van der Waals surface area contributed by atoms with E-state index in [4.69, 9.17) is 9.57 Å². The lowest BCUT2D eigenvalue weighted by Gasteiger charge is -2.32. The van der Waals surface area contributed by atoms with Gasteiger partial charge in [0.1, 0.15) is 0 Å². The number of hydrogen-bond acceptors (Lipinski definition) is 5. The molecule has 6 nitrogen and oxygen atoms in total. The Morgan fingerprint density at radius 1 is 0.875 bits per heavy atom. The third kappa shape index (κ3) is 16.0. The van der Waals surface area contributed by atoms with Crippen LogP contribution in [0.3, 0.4) is 0 Å². The summed E-state index contributed by atoms with van der Waals surface area (Å²) in [5, 5.41) is 20.0. The normalized spacial score (nSPS) is 15.6. The van der Waals surface area contributed by atoms with Gasteiger partial charge in [-0.2, -0.15) is 5.06 Å². The Bertz CT molecular complexity index is 434. The second-order valence-corrected chi connectivity index (χ2v) is 9.52. The highest BCUT2D eigenvalue weighted by Crippen LogP contribution is 2.23. The number of ether oxygens (including phenoxy) is 1. The Hall–Kier alpha value is -0.690. The molecule has 0 aromatic rings. The van der Waals surface area contributed by atoms with Crippen molar-refractivity contribution in [3.8, 4) is 0 Å². The van der Waals surface area contributed by atoms with Crippen LogP contribution in [0.4, 0.5) is 0 Å². The van der Waals surface area contributed by atoms with Gasteiger partial charge in [0.15, 0.2) is 6.04 Å². The van der Waals surface area contributed by atoms with Crippen molar-refractivity contribution in [2.45, 2.75) is 135 Å². The number of aliphatic hydroxyl groups excluding tert-OH is 1. The minimum atomic E-state index is -1.08. The molecule has 4 atom stereocenters. The van der Waals surface area contributed by atoms with Crippen molar-refractivity contribution >= 4 is 5.97 Å². The number of nitrogens with zero attached hydrogens (tertiary/aromatic N) is 1. The number of likely N-dealkylation sites (N-methyl/N-ethyl adjacent to an activating group) is 1. The van der Waals surface area contributed by atoms with Gasteiger partial charge in [-0.15, -0.1) is 0 Å². The highest BCUT2D eigenvalue weighted by atomic mass is 16.7. The van der Waals surface area contributed by atoms with Gasteiger partial charge in [0.2, 0.25) is 0 Å². The quantitative estimate of drug-likeness (QED) is 0.140. The molecule has 192 valence electrons. The number of methoxy groups -OCH3 is 1. The molecule has 0 aliphatic heterocycles. The molecular weight excluding hydrogens is 406 g/mol. The fraction of sp³-hybridized carbons (Fsp3) is 0.962. The summed E-state index contributed by atoms with van der Waals surface area (Å²) in [6, 6.07) is -1.05. The number of aliphatic carboxylic acids is 1. The SMILES string of the molecule is CCCCCCCCCCCCCCCC(ON(C)C(CO)C(=O)O)C(C)CC(C)OC. The number of carbonyl (C=O) groups is 1. The molecule has 0 aliphatic rings. The highest BCUT2D eigenvalue weighted by molar-refractivity contribution is 5.73. The van der Waals surface area contributed by atoms with Crippen molar-refractivity contribution in [2.24, 2.45) is 5.92 Å². The Balaban J connectivity index is 4.17. The molecule has 0 radical (unpaired) electrons. The highest BCUT2D eigenvalue weighted by Gasteiger charge is 2.28. The molecule has 0 bridgehead atoms. The molecule has 0 aliphatic carbocycles. The lowest BCUT2D eigenvalue weighted by molar-refractivity contribution is -0.229. The van der Waals surface area contributed by atoms with Crippen molar-refractivity contribution in [1.29, 1.82) is 0 Å². The van der Waals surface area contributed by atoms with Crippen LogP contribution < -0.4 is 0 Å². The topological polar surface area (TPSA) is 79.2 Å². The summed E-state index contributed by atoms with van der Waals surface area (Å²) in [5.74, 6) is -0.842. The van der Waals surface area contributed by atoms with Crippen LogP contribution in [0.5, 0.6) is 0 Å². The van der Waals surface area contributed by atoms with E-state index in [0.717, 1.165) is 19.3 Å². The molecule has 0 fully saturated rings. The van der Waals surface area contributed by atoms with Crippen LogP contribution in [0.25, 0.3) is 0 Å². The first kappa shape index (κ1) is 31.3. The van der Waals surface area contributed by atoms with E-state index in [0.29, 0.717) is 0 Å². The number of hydroxylamine groups is 2. The fourth-order valence-corrected chi connectivity index (χ4v) is 4.21. The lowest BCUT2D eigenvalue weighted by atomic mass is 9.93. The van der Waals surface area contributed by atoms with E-state index < -0.39 is 18.6 Å². The van der Waals surface area contributed by atoms with E-state index in [-0.39, 0.29) is 18.1 Å². The first-order valence-corrected chi connectivity index (χ1v) is 13.1. The third-order valence-electron chi connectivity index (χ3n) is 6.53. The van der Waals surface area contributed by atoms with Crippen molar-refractivity contribution in [1.82, 2.24) is 5.06 Å². The van der Waals surface area contributed by atoms with Gasteiger partial charge in [-0.25, -0.2) is 0 Å². The summed E-state index contributed by atoms with van der Waals surface area (Å²) in [4.78, 5) is 17.3. The van der Waals surface area contributed by atoms with Crippen LogP contribution in [-0.2, 0) is 14.4 Å². The maximum Gasteiger partial charge on any atom is 0.325 e. The summed E-state index contributed by atoms with van der Waals surface area (Å²) in [6.07, 6.45) is 18.9. The molecule has 0 amide bonds. The van der Waals surface area contributed by atoms with Crippen LogP contribution in [0.2, 0.25) is 0 Å². The smallest absolute Gasteiger partial charge is 0.325 e. The van der Waals surface area contributed by atoms with Gasteiger partial charge in [-0.3, -0.25) is 9.63 Å². The first-order chi connectivity index (χ1) is 15.4. The van der Waals surface area contributed by atoms with Gasteiger partial charge < -0.3 is 14.9 Å². The molecule has 0 saturated carbocycles. The maximum absolute atomic E-state index is 11.3. The summed E-state index contributed by atoms with van der Waals surface area (Å²) in [7, 11) is 3.30. The fourth-order valence-electron chi connectivity index (χ4n) is 4.21. The molecular formula is C26H53NO5. The number of carboxylic acids is 1. The number of unbranched alkanes of at least 4 members (excludes halogenated alkanes) is 12. The monoisotopic (exact) mass is 459 g/mol. The van der Waals surface area contributed by atoms with Crippen molar-refractivity contribution in [2.75, 3.05) is 20.8 Å². The third-order valence-corrected chi connectivity index (χ3v) is 6.53. The van der Waals surface area contributed by atoms with Crippen LogP contribution in [-0.4, -0.2) is 60.3 Å². The molecule has 0 rings (SSSR count). The van der Waals surface area contributed by atoms with Crippen LogP contribution in [0.1, 0.15) is 117 Å². The van der Waals surface area contributed by atoms with Crippen molar-refractivity contribution in [3.05, 3.63) is 0 Å². The minimum Gasteiger partial charge on any atom is -0.480 e. The zero-order valence-corrected chi connectivity index (χ0v) is 21.7. The number of rotatable bonds is 23.